The highest BCUT2D eigenvalue weighted by Gasteiger charge is 2.33. The molecule has 0 aliphatic heterocycles. The molecule has 0 aromatic carbocycles. The van der Waals surface area contributed by atoms with Crippen molar-refractivity contribution in [3.05, 3.63) is 24.3 Å². The maximum Gasteiger partial charge on any atom is 0.244 e. The van der Waals surface area contributed by atoms with Gasteiger partial charge < -0.3 is 0 Å². The smallest absolute Gasteiger partial charge is 0.244 e. The molecule has 0 spiro atoms. The number of nitrogens with zero attached hydrogens (tertiary/aromatic N) is 2. The van der Waals surface area contributed by atoms with Gasteiger partial charge in [0.2, 0.25) is 10.0 Å². The molecule has 0 fully saturated rings. The molecule has 0 N–H and O–H groups in total. The first-order valence-electron chi connectivity index (χ1n) is 4.87. The minimum Gasteiger partial charge on any atom is -0.260 e. The highest BCUT2D eigenvalue weighted by molar-refractivity contribution is 9.09. The number of hydrogen-bond acceptors (Lipinski definition) is 3. The predicted octanol–water partition coefficient (Wildman–Crippen LogP) is 2.01. The SMILES string of the molecule is CN(C(C)(C)CBr)S(=O)(=O)c1cncc(F)c1. The van der Waals surface area contributed by atoms with Gasteiger partial charge in [0.05, 0.1) is 6.20 Å². The summed E-state index contributed by atoms with van der Waals surface area (Å²) in [6.07, 6.45) is 2.11. The molecule has 0 saturated heterocycles. The van der Waals surface area contributed by atoms with E-state index in [0.717, 1.165) is 18.5 Å². The molecule has 0 aliphatic carbocycles. The molecule has 0 amide bonds. The fraction of sp³-hybridized carbons (Fsp3) is 0.500. The maximum atomic E-state index is 13.0. The Labute approximate surface area is 109 Å². The highest BCUT2D eigenvalue weighted by atomic mass is 79.9. The van der Waals surface area contributed by atoms with E-state index < -0.39 is 21.4 Å². The number of pyridine rings is 1. The van der Waals surface area contributed by atoms with E-state index >= 15 is 0 Å². The van der Waals surface area contributed by atoms with E-state index in [9.17, 15) is 12.8 Å². The molecule has 0 bridgehead atoms. The van der Waals surface area contributed by atoms with Crippen LogP contribution in [0.1, 0.15) is 13.8 Å². The average Bonchev–Trinajstić information content (AvgIpc) is 2.28. The minimum absolute atomic E-state index is 0.144. The minimum atomic E-state index is -3.73. The summed E-state index contributed by atoms with van der Waals surface area (Å²) in [6, 6.07) is 0.961. The largest absolute Gasteiger partial charge is 0.260 e. The van der Waals surface area contributed by atoms with Crippen molar-refractivity contribution in [2.24, 2.45) is 0 Å². The van der Waals surface area contributed by atoms with Crippen LogP contribution in [0.5, 0.6) is 0 Å². The van der Waals surface area contributed by atoms with Crippen LogP contribution in [0.4, 0.5) is 4.39 Å². The van der Waals surface area contributed by atoms with Crippen LogP contribution in [-0.4, -0.2) is 35.6 Å². The van der Waals surface area contributed by atoms with Crippen LogP contribution in [0, 0.1) is 5.82 Å². The summed E-state index contributed by atoms with van der Waals surface area (Å²) in [6.45, 7) is 3.54. The third-order valence-corrected chi connectivity index (χ3v) is 5.92. The summed E-state index contributed by atoms with van der Waals surface area (Å²) in [5, 5.41) is 0.471. The molecule has 17 heavy (non-hydrogen) atoms. The zero-order chi connectivity index (χ0) is 13.3. The van der Waals surface area contributed by atoms with Crippen molar-refractivity contribution < 1.29 is 12.8 Å². The van der Waals surface area contributed by atoms with Crippen LogP contribution in [0.3, 0.4) is 0 Å². The lowest BCUT2D eigenvalue weighted by Gasteiger charge is -2.32. The summed E-state index contributed by atoms with van der Waals surface area (Å²) in [5.74, 6) is -0.670. The van der Waals surface area contributed by atoms with Gasteiger partial charge in [-0.1, -0.05) is 15.9 Å². The Bertz CT molecular complexity index is 505. The van der Waals surface area contributed by atoms with Crippen LogP contribution in [-0.2, 0) is 10.0 Å². The topological polar surface area (TPSA) is 50.3 Å². The normalized spacial score (nSPS) is 13.1. The first kappa shape index (κ1) is 14.5. The molecule has 0 radical (unpaired) electrons. The number of halogens is 2. The summed E-state index contributed by atoms with van der Waals surface area (Å²) in [7, 11) is -2.27. The fourth-order valence-electron chi connectivity index (χ4n) is 1.10. The monoisotopic (exact) mass is 324 g/mol. The molecular formula is C10H14BrFN2O2S. The summed E-state index contributed by atoms with van der Waals surface area (Å²) < 4.78 is 38.6. The molecule has 0 atom stereocenters. The van der Waals surface area contributed by atoms with Gasteiger partial charge in [-0.05, 0) is 19.9 Å². The van der Waals surface area contributed by atoms with Gasteiger partial charge in [0.1, 0.15) is 10.7 Å². The molecular weight excluding hydrogens is 311 g/mol. The quantitative estimate of drug-likeness (QED) is 0.796. The van der Waals surface area contributed by atoms with E-state index in [4.69, 9.17) is 0 Å². The lowest BCUT2D eigenvalue weighted by molar-refractivity contribution is 0.299. The maximum absolute atomic E-state index is 13.0. The Hall–Kier alpha value is -0.530. The van der Waals surface area contributed by atoms with Gasteiger partial charge in [0.25, 0.3) is 0 Å². The standard InChI is InChI=1S/C10H14BrFN2O2S/c1-10(2,7-11)14(3)17(15,16)9-4-8(12)5-13-6-9/h4-6H,7H2,1-3H3. The van der Waals surface area contributed by atoms with E-state index in [1.54, 1.807) is 13.8 Å². The second-order valence-corrected chi connectivity index (χ2v) is 6.79. The number of sulfonamides is 1. The van der Waals surface area contributed by atoms with Crippen molar-refractivity contribution in [3.8, 4) is 0 Å². The molecule has 96 valence electrons. The Morgan fingerprint density at radius 2 is 2.06 bits per heavy atom. The van der Waals surface area contributed by atoms with Crippen molar-refractivity contribution in [1.82, 2.24) is 9.29 Å². The first-order chi connectivity index (χ1) is 7.71. The summed E-state index contributed by atoms with van der Waals surface area (Å²) >= 11 is 3.26. The van der Waals surface area contributed by atoms with Gasteiger partial charge in [-0.15, -0.1) is 0 Å². The van der Waals surface area contributed by atoms with Crippen LogP contribution < -0.4 is 0 Å². The van der Waals surface area contributed by atoms with Gasteiger partial charge in [-0.3, -0.25) is 4.98 Å². The molecule has 1 aromatic heterocycles. The number of hydrogen-bond donors (Lipinski definition) is 0. The number of aromatic nitrogens is 1. The van der Waals surface area contributed by atoms with Gasteiger partial charge in [0.15, 0.2) is 0 Å². The third kappa shape index (κ3) is 3.02. The second-order valence-electron chi connectivity index (χ2n) is 4.26. The number of rotatable bonds is 4. The van der Waals surface area contributed by atoms with Gasteiger partial charge in [0, 0.05) is 24.1 Å². The Kier molecular flexibility index (Phi) is 4.27. The summed E-state index contributed by atoms with van der Waals surface area (Å²) in [4.78, 5) is 3.40. The molecule has 1 aromatic rings. The molecule has 1 rings (SSSR count). The zero-order valence-electron chi connectivity index (χ0n) is 9.81. The van der Waals surface area contributed by atoms with Crippen molar-refractivity contribution in [2.45, 2.75) is 24.3 Å². The van der Waals surface area contributed by atoms with Crippen molar-refractivity contribution in [1.29, 1.82) is 0 Å². The molecule has 7 heteroatoms. The lowest BCUT2D eigenvalue weighted by atomic mass is 10.1. The molecule has 0 unspecified atom stereocenters. The highest BCUT2D eigenvalue weighted by Crippen LogP contribution is 2.24. The third-order valence-electron chi connectivity index (χ3n) is 2.52. The lowest BCUT2D eigenvalue weighted by Crippen LogP contribution is -2.46. The van der Waals surface area contributed by atoms with E-state index in [-0.39, 0.29) is 4.90 Å². The van der Waals surface area contributed by atoms with Gasteiger partial charge in [-0.2, -0.15) is 4.31 Å². The van der Waals surface area contributed by atoms with Crippen LogP contribution in [0.25, 0.3) is 0 Å². The van der Waals surface area contributed by atoms with Crippen molar-refractivity contribution in [3.63, 3.8) is 0 Å². The molecule has 4 nitrogen and oxygen atoms in total. The summed E-state index contributed by atoms with van der Waals surface area (Å²) in [5.41, 5.74) is -0.606. The van der Waals surface area contributed by atoms with Crippen LogP contribution in [0.15, 0.2) is 23.4 Å². The second kappa shape index (κ2) is 4.99. The van der Waals surface area contributed by atoms with Gasteiger partial charge >= 0.3 is 0 Å². The van der Waals surface area contributed by atoms with E-state index in [2.05, 4.69) is 20.9 Å². The van der Waals surface area contributed by atoms with E-state index in [1.807, 2.05) is 0 Å². The predicted molar refractivity (Wildman–Crippen MR) is 67.0 cm³/mol. The van der Waals surface area contributed by atoms with E-state index in [0.29, 0.717) is 5.33 Å². The molecule has 0 saturated carbocycles. The molecule has 0 aliphatic rings. The van der Waals surface area contributed by atoms with Crippen LogP contribution >= 0.6 is 15.9 Å². The molecule has 1 heterocycles. The first-order valence-corrected chi connectivity index (χ1v) is 7.43. The average molecular weight is 325 g/mol. The Balaban J connectivity index is 3.21. The van der Waals surface area contributed by atoms with Gasteiger partial charge in [-0.25, -0.2) is 12.8 Å². The van der Waals surface area contributed by atoms with E-state index in [1.165, 1.54) is 11.4 Å². The van der Waals surface area contributed by atoms with Crippen molar-refractivity contribution >= 4 is 26.0 Å². The number of alkyl halides is 1. The van der Waals surface area contributed by atoms with Crippen LogP contribution in [0.2, 0.25) is 0 Å². The Morgan fingerprint density at radius 1 is 1.47 bits per heavy atom. The zero-order valence-corrected chi connectivity index (χ0v) is 12.2. The Morgan fingerprint density at radius 3 is 2.53 bits per heavy atom. The van der Waals surface area contributed by atoms with Crippen molar-refractivity contribution in [2.75, 3.05) is 12.4 Å². The fourth-order valence-corrected chi connectivity index (χ4v) is 3.13.